The number of amides is 1. The monoisotopic (exact) mass is 330 g/mol. The molecule has 1 N–H and O–H groups in total. The maximum Gasteiger partial charge on any atom is 0.411 e. The normalized spacial score (nSPS) is 12.6. The molecule has 0 saturated heterocycles. The van der Waals surface area contributed by atoms with Crippen LogP contribution in [-0.4, -0.2) is 31.8 Å². The fraction of sp³-hybridized carbons (Fsp3) is 0.500. The minimum Gasteiger partial charge on any atom is -0.340 e. The van der Waals surface area contributed by atoms with Crippen LogP contribution in [0.15, 0.2) is 29.2 Å². The number of hydrogen-bond acceptors (Lipinski definition) is 3. The SMILES string of the molecule is CCC(CC)(NC(=O)Cn1nc2ccccn2c1=O)C(F)(F)F. The minimum atomic E-state index is -4.57. The number of aromatic nitrogens is 3. The average Bonchev–Trinajstić information content (AvgIpc) is 2.80. The average molecular weight is 330 g/mol. The Morgan fingerprint density at radius 1 is 1.26 bits per heavy atom. The van der Waals surface area contributed by atoms with Gasteiger partial charge in [-0.05, 0) is 25.0 Å². The number of carbonyl (C=O) groups excluding carboxylic acids is 1. The molecule has 2 rings (SSSR count). The fourth-order valence-corrected chi connectivity index (χ4v) is 2.41. The molecule has 0 unspecified atom stereocenters. The molecule has 23 heavy (non-hydrogen) atoms. The van der Waals surface area contributed by atoms with Crippen molar-refractivity contribution in [2.75, 3.05) is 0 Å². The number of fused-ring (bicyclic) bond motifs is 1. The number of hydrogen-bond donors (Lipinski definition) is 1. The molecule has 0 bridgehead atoms. The third-order valence-electron chi connectivity index (χ3n) is 3.91. The van der Waals surface area contributed by atoms with Crippen LogP contribution < -0.4 is 11.0 Å². The van der Waals surface area contributed by atoms with Crippen molar-refractivity contribution in [2.45, 2.75) is 44.9 Å². The lowest BCUT2D eigenvalue weighted by molar-refractivity contribution is -0.200. The molecule has 6 nitrogen and oxygen atoms in total. The summed E-state index contributed by atoms with van der Waals surface area (Å²) in [7, 11) is 0. The summed E-state index contributed by atoms with van der Waals surface area (Å²) in [5.74, 6) is -0.906. The van der Waals surface area contributed by atoms with Crippen LogP contribution in [0.5, 0.6) is 0 Å². The fourth-order valence-electron chi connectivity index (χ4n) is 2.41. The Balaban J connectivity index is 2.24. The van der Waals surface area contributed by atoms with Crippen LogP contribution in [0.4, 0.5) is 13.2 Å². The Morgan fingerprint density at radius 2 is 1.91 bits per heavy atom. The quantitative estimate of drug-likeness (QED) is 0.908. The van der Waals surface area contributed by atoms with E-state index in [1.165, 1.54) is 24.4 Å². The lowest BCUT2D eigenvalue weighted by Gasteiger charge is -2.34. The van der Waals surface area contributed by atoms with Crippen LogP contribution in [-0.2, 0) is 11.3 Å². The standard InChI is InChI=1S/C14H17F3N4O2/c1-3-13(4-2,14(15,16)17)18-11(22)9-21-12(23)20-8-6-5-7-10(20)19-21/h5-8H,3-4,9H2,1-2H3,(H,18,22). The van der Waals surface area contributed by atoms with E-state index in [1.54, 1.807) is 18.2 Å². The minimum absolute atomic E-state index is 0.293. The number of halogens is 3. The van der Waals surface area contributed by atoms with Crippen molar-refractivity contribution < 1.29 is 18.0 Å². The smallest absolute Gasteiger partial charge is 0.340 e. The highest BCUT2D eigenvalue weighted by molar-refractivity contribution is 5.76. The van der Waals surface area contributed by atoms with E-state index in [0.717, 1.165) is 4.68 Å². The van der Waals surface area contributed by atoms with Gasteiger partial charge in [-0.3, -0.25) is 9.20 Å². The molecule has 0 aromatic carbocycles. The molecule has 0 aliphatic rings. The van der Waals surface area contributed by atoms with E-state index in [9.17, 15) is 22.8 Å². The first-order chi connectivity index (χ1) is 10.7. The largest absolute Gasteiger partial charge is 0.411 e. The van der Waals surface area contributed by atoms with Crippen molar-refractivity contribution in [2.24, 2.45) is 0 Å². The Bertz CT molecular complexity index is 759. The highest BCUT2D eigenvalue weighted by Gasteiger charge is 2.53. The molecule has 0 aliphatic heterocycles. The second kappa shape index (κ2) is 6.05. The molecule has 2 heterocycles. The number of nitrogens with zero attached hydrogens (tertiary/aromatic N) is 3. The Morgan fingerprint density at radius 3 is 2.43 bits per heavy atom. The zero-order valence-electron chi connectivity index (χ0n) is 12.7. The van der Waals surface area contributed by atoms with E-state index >= 15 is 0 Å². The van der Waals surface area contributed by atoms with Crippen LogP contribution in [0.3, 0.4) is 0 Å². The van der Waals surface area contributed by atoms with Gasteiger partial charge in [0.25, 0.3) is 0 Å². The zero-order chi connectivity index (χ0) is 17.3. The Labute approximate surface area is 129 Å². The van der Waals surface area contributed by atoms with Crippen molar-refractivity contribution in [3.05, 3.63) is 34.9 Å². The van der Waals surface area contributed by atoms with Gasteiger partial charge in [-0.2, -0.15) is 13.2 Å². The molecule has 0 saturated carbocycles. The molecule has 0 spiro atoms. The molecular weight excluding hydrogens is 313 g/mol. The van der Waals surface area contributed by atoms with Gasteiger partial charge < -0.3 is 5.32 Å². The highest BCUT2D eigenvalue weighted by Crippen LogP contribution is 2.35. The second-order valence-corrected chi connectivity index (χ2v) is 5.20. The predicted octanol–water partition coefficient (Wildman–Crippen LogP) is 1.73. The molecule has 2 aromatic heterocycles. The van der Waals surface area contributed by atoms with Crippen molar-refractivity contribution in [3.8, 4) is 0 Å². The van der Waals surface area contributed by atoms with E-state index in [1.807, 2.05) is 5.32 Å². The lowest BCUT2D eigenvalue weighted by Crippen LogP contribution is -2.58. The summed E-state index contributed by atoms with van der Waals surface area (Å²) in [6.45, 7) is 2.14. The van der Waals surface area contributed by atoms with Gasteiger partial charge in [0.2, 0.25) is 5.91 Å². The molecule has 126 valence electrons. The van der Waals surface area contributed by atoms with Crippen LogP contribution in [0, 0.1) is 0 Å². The molecule has 9 heteroatoms. The first-order valence-electron chi connectivity index (χ1n) is 7.16. The van der Waals surface area contributed by atoms with E-state index in [-0.39, 0.29) is 12.8 Å². The molecule has 2 aromatic rings. The first kappa shape index (κ1) is 17.0. The Hall–Kier alpha value is -2.32. The number of rotatable bonds is 5. The highest BCUT2D eigenvalue weighted by atomic mass is 19.4. The van der Waals surface area contributed by atoms with Crippen LogP contribution >= 0.6 is 0 Å². The molecule has 0 fully saturated rings. The van der Waals surface area contributed by atoms with E-state index in [0.29, 0.717) is 5.65 Å². The van der Waals surface area contributed by atoms with Gasteiger partial charge in [0.15, 0.2) is 5.65 Å². The summed E-state index contributed by atoms with van der Waals surface area (Å²) in [4.78, 5) is 24.0. The third-order valence-corrected chi connectivity index (χ3v) is 3.91. The van der Waals surface area contributed by atoms with Crippen LogP contribution in [0.1, 0.15) is 26.7 Å². The molecule has 0 atom stereocenters. The van der Waals surface area contributed by atoms with Gasteiger partial charge in [-0.15, -0.1) is 5.10 Å². The van der Waals surface area contributed by atoms with Crippen LogP contribution in [0.25, 0.3) is 5.65 Å². The number of carbonyl (C=O) groups is 1. The van der Waals surface area contributed by atoms with E-state index in [2.05, 4.69) is 5.10 Å². The topological polar surface area (TPSA) is 68.4 Å². The lowest BCUT2D eigenvalue weighted by atomic mass is 9.92. The van der Waals surface area contributed by atoms with Crippen molar-refractivity contribution in [1.29, 1.82) is 0 Å². The first-order valence-corrected chi connectivity index (χ1v) is 7.16. The maximum absolute atomic E-state index is 13.2. The number of alkyl halides is 3. The van der Waals surface area contributed by atoms with Gasteiger partial charge in [0.1, 0.15) is 12.1 Å². The zero-order valence-corrected chi connectivity index (χ0v) is 12.7. The molecule has 1 amide bonds. The summed E-state index contributed by atoms with van der Waals surface area (Å²) >= 11 is 0. The molecule has 0 radical (unpaired) electrons. The van der Waals surface area contributed by atoms with Gasteiger partial charge in [0.05, 0.1) is 0 Å². The number of pyridine rings is 1. The molecule has 0 aliphatic carbocycles. The summed E-state index contributed by atoms with van der Waals surface area (Å²) in [6, 6.07) is 4.84. The van der Waals surface area contributed by atoms with Crippen molar-refractivity contribution in [3.63, 3.8) is 0 Å². The van der Waals surface area contributed by atoms with Crippen LogP contribution in [0.2, 0.25) is 0 Å². The van der Waals surface area contributed by atoms with E-state index < -0.39 is 29.9 Å². The summed E-state index contributed by atoms with van der Waals surface area (Å²) in [5.41, 5.74) is -2.56. The number of nitrogens with one attached hydrogen (secondary N) is 1. The molecular formula is C14H17F3N4O2. The predicted molar refractivity (Wildman–Crippen MR) is 77.0 cm³/mol. The van der Waals surface area contributed by atoms with Gasteiger partial charge in [-0.25, -0.2) is 9.48 Å². The van der Waals surface area contributed by atoms with Gasteiger partial charge in [0, 0.05) is 6.20 Å². The maximum atomic E-state index is 13.2. The van der Waals surface area contributed by atoms with Crippen molar-refractivity contribution >= 4 is 11.6 Å². The third kappa shape index (κ3) is 3.08. The van der Waals surface area contributed by atoms with E-state index in [4.69, 9.17) is 0 Å². The summed E-state index contributed by atoms with van der Waals surface area (Å²) in [5, 5.41) is 5.94. The van der Waals surface area contributed by atoms with Gasteiger partial charge in [-0.1, -0.05) is 19.9 Å². The summed E-state index contributed by atoms with van der Waals surface area (Å²) in [6.07, 6.45) is -3.69. The van der Waals surface area contributed by atoms with Crippen molar-refractivity contribution in [1.82, 2.24) is 19.5 Å². The van der Waals surface area contributed by atoms with Gasteiger partial charge >= 0.3 is 11.9 Å². The second-order valence-electron chi connectivity index (χ2n) is 5.20. The summed E-state index contributed by atoms with van der Waals surface area (Å²) < 4.78 is 41.7. The Kier molecular flexibility index (Phi) is 4.49.